The lowest BCUT2D eigenvalue weighted by atomic mass is 10.0. The van der Waals surface area contributed by atoms with Crippen LogP contribution < -0.4 is 11.1 Å². The Morgan fingerprint density at radius 3 is 1.60 bits per heavy atom. The quantitative estimate of drug-likeness (QED) is 0.282. The smallest absolute Gasteiger partial charge is 0.407 e. The summed E-state index contributed by atoms with van der Waals surface area (Å²) < 4.78 is 5.05. The molecule has 150 valence electrons. The molecule has 0 atom stereocenters. The summed E-state index contributed by atoms with van der Waals surface area (Å²) in [4.78, 5) is 11.3. The topological polar surface area (TPSA) is 64.3 Å². The van der Waals surface area contributed by atoms with Crippen LogP contribution in [0.2, 0.25) is 0 Å². The molecule has 0 aliphatic heterocycles. The molecule has 0 heterocycles. The van der Waals surface area contributed by atoms with Gasteiger partial charge in [-0.3, -0.25) is 0 Å². The summed E-state index contributed by atoms with van der Waals surface area (Å²) in [6.45, 7) is 4.22. The Morgan fingerprint density at radius 1 is 0.720 bits per heavy atom. The molecule has 0 aromatic rings. The maximum absolute atomic E-state index is 11.3. The summed E-state index contributed by atoms with van der Waals surface area (Å²) in [5, 5.41) is 2.82. The van der Waals surface area contributed by atoms with E-state index in [9.17, 15) is 4.79 Å². The molecule has 0 aliphatic rings. The number of nitrogens with two attached hydrogens (primary N) is 1. The highest BCUT2D eigenvalue weighted by Gasteiger charge is 2.00. The second-order valence-corrected chi connectivity index (χ2v) is 7.15. The van der Waals surface area contributed by atoms with Crippen LogP contribution in [0.5, 0.6) is 0 Å². The molecule has 4 heteroatoms. The number of carbonyl (C=O) groups excluding carboxylic acids is 1. The van der Waals surface area contributed by atoms with Gasteiger partial charge in [-0.25, -0.2) is 4.79 Å². The Bertz CT molecular complexity index is 273. The molecular weight excluding hydrogens is 312 g/mol. The van der Waals surface area contributed by atoms with Gasteiger partial charge < -0.3 is 15.8 Å². The Morgan fingerprint density at radius 2 is 1.16 bits per heavy atom. The van der Waals surface area contributed by atoms with Crippen molar-refractivity contribution in [3.8, 4) is 0 Å². The molecule has 1 amide bonds. The molecule has 4 nitrogen and oxygen atoms in total. The van der Waals surface area contributed by atoms with Crippen LogP contribution in [-0.2, 0) is 4.74 Å². The molecule has 0 fully saturated rings. The fourth-order valence-electron chi connectivity index (χ4n) is 2.94. The van der Waals surface area contributed by atoms with Crippen LogP contribution in [-0.4, -0.2) is 25.8 Å². The Hall–Kier alpha value is -0.770. The summed E-state index contributed by atoms with van der Waals surface area (Å²) in [6.07, 6.45) is 20.2. The minimum absolute atomic E-state index is 0.257. The number of rotatable bonds is 19. The van der Waals surface area contributed by atoms with Crippen molar-refractivity contribution in [2.45, 2.75) is 110 Å². The number of nitrogens with one attached hydrogen (secondary N) is 1. The second-order valence-electron chi connectivity index (χ2n) is 7.15. The number of amides is 1. The van der Waals surface area contributed by atoms with Gasteiger partial charge in [-0.1, -0.05) is 90.4 Å². The summed E-state index contributed by atoms with van der Waals surface area (Å²) in [5.74, 6) is 0. The van der Waals surface area contributed by atoms with Crippen LogP contribution in [0.3, 0.4) is 0 Å². The van der Waals surface area contributed by atoms with Crippen molar-refractivity contribution in [2.24, 2.45) is 5.73 Å². The lowest BCUT2D eigenvalue weighted by molar-refractivity contribution is 0.144. The van der Waals surface area contributed by atoms with E-state index in [0.29, 0.717) is 6.61 Å². The summed E-state index contributed by atoms with van der Waals surface area (Å²) >= 11 is 0. The van der Waals surface area contributed by atoms with Crippen molar-refractivity contribution < 1.29 is 9.53 Å². The van der Waals surface area contributed by atoms with E-state index in [0.717, 1.165) is 32.4 Å². The fraction of sp³-hybridized carbons (Fsp3) is 0.952. The molecule has 0 spiro atoms. The van der Waals surface area contributed by atoms with E-state index in [1.807, 2.05) is 0 Å². The summed E-state index contributed by atoms with van der Waals surface area (Å²) in [5.41, 5.74) is 5.49. The van der Waals surface area contributed by atoms with E-state index >= 15 is 0 Å². The molecule has 0 rings (SSSR count). The molecule has 0 aliphatic carbocycles. The van der Waals surface area contributed by atoms with Crippen molar-refractivity contribution >= 4 is 6.09 Å². The van der Waals surface area contributed by atoms with Crippen LogP contribution in [0, 0.1) is 0 Å². The van der Waals surface area contributed by atoms with Gasteiger partial charge in [-0.05, 0) is 25.8 Å². The van der Waals surface area contributed by atoms with Crippen molar-refractivity contribution in [1.82, 2.24) is 5.32 Å². The first-order chi connectivity index (χ1) is 12.3. The average Bonchev–Trinajstić information content (AvgIpc) is 2.61. The van der Waals surface area contributed by atoms with Gasteiger partial charge in [0.05, 0.1) is 6.61 Å². The summed E-state index contributed by atoms with van der Waals surface area (Å²) in [7, 11) is 0. The number of ether oxygens (including phenoxy) is 1. The number of alkyl carbamates (subject to hydrolysis) is 1. The second kappa shape index (κ2) is 21.3. The first kappa shape index (κ1) is 24.2. The lowest BCUT2D eigenvalue weighted by Crippen LogP contribution is -2.25. The van der Waals surface area contributed by atoms with Crippen molar-refractivity contribution in [2.75, 3.05) is 19.7 Å². The minimum Gasteiger partial charge on any atom is -0.450 e. The number of hydrogen-bond acceptors (Lipinski definition) is 3. The minimum atomic E-state index is -0.257. The molecular formula is C21H44N2O2. The van der Waals surface area contributed by atoms with Gasteiger partial charge in [-0.2, -0.15) is 0 Å². The van der Waals surface area contributed by atoms with Gasteiger partial charge in [0, 0.05) is 6.54 Å². The van der Waals surface area contributed by atoms with Gasteiger partial charge in [-0.15, -0.1) is 0 Å². The third-order valence-electron chi connectivity index (χ3n) is 4.63. The highest BCUT2D eigenvalue weighted by Crippen LogP contribution is 2.12. The number of carbonyl (C=O) groups is 1. The zero-order chi connectivity index (χ0) is 18.4. The normalized spacial score (nSPS) is 10.8. The predicted molar refractivity (Wildman–Crippen MR) is 108 cm³/mol. The van der Waals surface area contributed by atoms with Crippen LogP contribution in [0.1, 0.15) is 110 Å². The largest absolute Gasteiger partial charge is 0.450 e. The highest BCUT2D eigenvalue weighted by atomic mass is 16.5. The monoisotopic (exact) mass is 356 g/mol. The van der Waals surface area contributed by atoms with Crippen molar-refractivity contribution in [3.63, 3.8) is 0 Å². The van der Waals surface area contributed by atoms with Gasteiger partial charge >= 0.3 is 6.09 Å². The van der Waals surface area contributed by atoms with Gasteiger partial charge in [0.15, 0.2) is 0 Å². The van der Waals surface area contributed by atoms with Gasteiger partial charge in [0.2, 0.25) is 0 Å². The molecule has 0 saturated heterocycles. The Kier molecular flexibility index (Phi) is 20.6. The lowest BCUT2D eigenvalue weighted by Gasteiger charge is -2.06. The van der Waals surface area contributed by atoms with Gasteiger partial charge in [0.1, 0.15) is 0 Å². The molecule has 3 N–H and O–H groups in total. The molecule has 25 heavy (non-hydrogen) atoms. The van der Waals surface area contributed by atoms with Crippen LogP contribution >= 0.6 is 0 Å². The third-order valence-corrected chi connectivity index (χ3v) is 4.63. The fourth-order valence-corrected chi connectivity index (χ4v) is 2.94. The highest BCUT2D eigenvalue weighted by molar-refractivity contribution is 5.66. The van der Waals surface area contributed by atoms with Crippen molar-refractivity contribution in [1.29, 1.82) is 0 Å². The summed E-state index contributed by atoms with van der Waals surface area (Å²) in [6, 6.07) is 0. The molecule has 0 radical (unpaired) electrons. The average molecular weight is 357 g/mol. The zero-order valence-corrected chi connectivity index (χ0v) is 16.8. The van der Waals surface area contributed by atoms with E-state index in [1.165, 1.54) is 83.5 Å². The molecule has 0 unspecified atom stereocenters. The van der Waals surface area contributed by atoms with Crippen LogP contribution in [0.4, 0.5) is 4.79 Å². The van der Waals surface area contributed by atoms with E-state index < -0.39 is 0 Å². The van der Waals surface area contributed by atoms with E-state index in [-0.39, 0.29) is 6.09 Å². The third kappa shape index (κ3) is 21.2. The maximum atomic E-state index is 11.3. The molecule has 0 aromatic carbocycles. The predicted octanol–water partition coefficient (Wildman–Crippen LogP) is 5.93. The molecule has 0 saturated carbocycles. The zero-order valence-electron chi connectivity index (χ0n) is 16.8. The standard InChI is InChI=1S/C21H44N2O2/c1-2-3-20-25-21(24)23-19-17-15-13-11-9-7-5-4-6-8-10-12-14-16-18-22/h2-20,22H2,1H3,(H,23,24). The van der Waals surface area contributed by atoms with Crippen LogP contribution in [0.15, 0.2) is 0 Å². The van der Waals surface area contributed by atoms with Crippen molar-refractivity contribution in [3.05, 3.63) is 0 Å². The Balaban J connectivity index is 3.06. The number of hydrogen-bond donors (Lipinski definition) is 2. The van der Waals surface area contributed by atoms with Gasteiger partial charge in [0.25, 0.3) is 0 Å². The van der Waals surface area contributed by atoms with Crippen LogP contribution in [0.25, 0.3) is 0 Å². The van der Waals surface area contributed by atoms with E-state index in [2.05, 4.69) is 12.2 Å². The van der Waals surface area contributed by atoms with E-state index in [1.54, 1.807) is 0 Å². The maximum Gasteiger partial charge on any atom is 0.407 e. The molecule has 0 bridgehead atoms. The number of unbranched alkanes of at least 4 members (excludes halogenated alkanes) is 14. The first-order valence-corrected chi connectivity index (χ1v) is 10.9. The first-order valence-electron chi connectivity index (χ1n) is 10.9. The molecule has 0 aromatic heterocycles. The van der Waals surface area contributed by atoms with E-state index in [4.69, 9.17) is 10.5 Å². The SMILES string of the molecule is CCCCOC(=O)NCCCCCCCCCCCCCCCCN. The Labute approximate surface area is 156 Å².